The summed E-state index contributed by atoms with van der Waals surface area (Å²) < 4.78 is 17.6. The summed E-state index contributed by atoms with van der Waals surface area (Å²) in [7, 11) is 1.83. The van der Waals surface area contributed by atoms with Gasteiger partial charge in [0, 0.05) is 18.8 Å². The van der Waals surface area contributed by atoms with Crippen LogP contribution in [-0.4, -0.2) is 33.2 Å². The van der Waals surface area contributed by atoms with Gasteiger partial charge in [0.05, 0.1) is 12.0 Å². The van der Waals surface area contributed by atoms with Crippen LogP contribution in [-0.2, 0) is 11.8 Å². The van der Waals surface area contributed by atoms with Gasteiger partial charge in [-0.25, -0.2) is 0 Å². The van der Waals surface area contributed by atoms with Crippen molar-refractivity contribution in [3.63, 3.8) is 0 Å². The number of amides is 1. The number of hydrogen-bond acceptors (Lipinski definition) is 7. The lowest BCUT2D eigenvalue weighted by atomic mass is 10.3. The first-order chi connectivity index (χ1) is 12.2. The lowest BCUT2D eigenvalue weighted by Crippen LogP contribution is -2.14. The third-order valence-corrected chi connectivity index (χ3v) is 4.59. The quantitative estimate of drug-likeness (QED) is 0.701. The number of nitrogens with one attached hydrogen (secondary N) is 1. The van der Waals surface area contributed by atoms with Gasteiger partial charge in [-0.05, 0) is 24.3 Å². The van der Waals surface area contributed by atoms with E-state index in [-0.39, 0.29) is 18.5 Å². The van der Waals surface area contributed by atoms with Crippen molar-refractivity contribution < 1.29 is 18.7 Å². The van der Waals surface area contributed by atoms with E-state index in [1.54, 1.807) is 35.1 Å². The Kier molecular flexibility index (Phi) is 4.06. The molecule has 1 N–H and O–H groups in total. The summed E-state index contributed by atoms with van der Waals surface area (Å²) in [5.41, 5.74) is 0.657. The Labute approximate surface area is 147 Å². The van der Waals surface area contributed by atoms with Crippen molar-refractivity contribution in [1.82, 2.24) is 14.8 Å². The minimum Gasteiger partial charge on any atom is -0.461 e. The van der Waals surface area contributed by atoms with E-state index in [2.05, 4.69) is 15.5 Å². The SMILES string of the molecule is Cn1c(SCC(=O)Nc2ccc3c(c2)OCO3)nnc1-c1ccco1. The number of nitrogens with zero attached hydrogens (tertiary/aromatic N) is 3. The highest BCUT2D eigenvalue weighted by Crippen LogP contribution is 2.34. The maximum absolute atomic E-state index is 12.2. The van der Waals surface area contributed by atoms with Crippen molar-refractivity contribution in [2.75, 3.05) is 17.9 Å². The number of thioether (sulfide) groups is 1. The second-order valence-electron chi connectivity index (χ2n) is 5.25. The Morgan fingerprint density at radius 3 is 3.00 bits per heavy atom. The van der Waals surface area contributed by atoms with Crippen LogP contribution in [0.4, 0.5) is 5.69 Å². The first kappa shape index (κ1) is 15.6. The number of carbonyl (C=O) groups excluding carboxylic acids is 1. The van der Waals surface area contributed by atoms with Gasteiger partial charge in [0.15, 0.2) is 28.2 Å². The second-order valence-corrected chi connectivity index (χ2v) is 6.19. The van der Waals surface area contributed by atoms with Gasteiger partial charge in [-0.3, -0.25) is 4.79 Å². The van der Waals surface area contributed by atoms with E-state index in [0.717, 1.165) is 0 Å². The summed E-state index contributed by atoms with van der Waals surface area (Å²) in [6, 6.07) is 8.87. The highest BCUT2D eigenvalue weighted by atomic mass is 32.2. The smallest absolute Gasteiger partial charge is 0.234 e. The predicted octanol–water partition coefficient (Wildman–Crippen LogP) is 2.53. The highest BCUT2D eigenvalue weighted by Gasteiger charge is 2.16. The van der Waals surface area contributed by atoms with Crippen LogP contribution < -0.4 is 14.8 Å². The molecule has 0 fully saturated rings. The molecule has 0 spiro atoms. The molecule has 3 aromatic rings. The molecule has 2 aromatic heterocycles. The summed E-state index contributed by atoms with van der Waals surface area (Å²) in [4.78, 5) is 12.2. The van der Waals surface area contributed by atoms with Gasteiger partial charge in [-0.15, -0.1) is 10.2 Å². The number of anilines is 1. The summed E-state index contributed by atoms with van der Waals surface area (Å²) in [6.07, 6.45) is 1.58. The molecule has 0 saturated heterocycles. The number of furan rings is 1. The van der Waals surface area contributed by atoms with Crippen LogP contribution in [0.25, 0.3) is 11.6 Å². The molecular weight excluding hydrogens is 344 g/mol. The van der Waals surface area contributed by atoms with Gasteiger partial charge in [-0.1, -0.05) is 11.8 Å². The number of fused-ring (bicyclic) bond motifs is 1. The van der Waals surface area contributed by atoms with E-state index in [9.17, 15) is 4.79 Å². The summed E-state index contributed by atoms with van der Waals surface area (Å²) in [5, 5.41) is 11.6. The molecule has 1 aliphatic heterocycles. The van der Waals surface area contributed by atoms with E-state index in [0.29, 0.717) is 33.9 Å². The van der Waals surface area contributed by atoms with Crippen molar-refractivity contribution in [3.8, 4) is 23.1 Å². The van der Waals surface area contributed by atoms with Crippen molar-refractivity contribution in [3.05, 3.63) is 36.6 Å². The van der Waals surface area contributed by atoms with Crippen LogP contribution >= 0.6 is 11.8 Å². The Morgan fingerprint density at radius 2 is 2.16 bits per heavy atom. The second kappa shape index (κ2) is 6.52. The zero-order valence-electron chi connectivity index (χ0n) is 13.3. The number of hydrogen-bond donors (Lipinski definition) is 1. The minimum absolute atomic E-state index is 0.147. The van der Waals surface area contributed by atoms with Gasteiger partial charge in [0.1, 0.15) is 0 Å². The fourth-order valence-electron chi connectivity index (χ4n) is 2.36. The molecule has 0 atom stereocenters. The van der Waals surface area contributed by atoms with Gasteiger partial charge in [0.2, 0.25) is 12.7 Å². The minimum atomic E-state index is -0.147. The average Bonchev–Trinajstić information content (AvgIpc) is 3.33. The van der Waals surface area contributed by atoms with Crippen molar-refractivity contribution in [2.24, 2.45) is 7.05 Å². The van der Waals surface area contributed by atoms with E-state index in [1.165, 1.54) is 11.8 Å². The normalized spacial score (nSPS) is 12.4. The number of benzene rings is 1. The van der Waals surface area contributed by atoms with E-state index in [1.807, 2.05) is 13.1 Å². The fraction of sp³-hybridized carbons (Fsp3) is 0.188. The standard InChI is InChI=1S/C16H14N4O4S/c1-20-15(12-3-2-6-22-12)18-19-16(20)25-8-14(21)17-10-4-5-11-13(7-10)24-9-23-11/h2-7H,8-9H2,1H3,(H,17,21). The van der Waals surface area contributed by atoms with Gasteiger partial charge < -0.3 is 23.8 Å². The van der Waals surface area contributed by atoms with E-state index >= 15 is 0 Å². The fourth-order valence-corrected chi connectivity index (χ4v) is 3.07. The molecule has 128 valence electrons. The maximum Gasteiger partial charge on any atom is 0.234 e. The molecule has 4 rings (SSSR count). The van der Waals surface area contributed by atoms with Crippen LogP contribution in [0.3, 0.4) is 0 Å². The lowest BCUT2D eigenvalue weighted by Gasteiger charge is -2.06. The van der Waals surface area contributed by atoms with Crippen molar-refractivity contribution in [1.29, 1.82) is 0 Å². The average molecular weight is 358 g/mol. The van der Waals surface area contributed by atoms with Gasteiger partial charge in [0.25, 0.3) is 0 Å². The van der Waals surface area contributed by atoms with Crippen LogP contribution in [0.5, 0.6) is 11.5 Å². The molecule has 1 aromatic carbocycles. The topological polar surface area (TPSA) is 91.4 Å². The lowest BCUT2D eigenvalue weighted by molar-refractivity contribution is -0.113. The zero-order chi connectivity index (χ0) is 17.2. The first-order valence-electron chi connectivity index (χ1n) is 7.46. The largest absolute Gasteiger partial charge is 0.461 e. The van der Waals surface area contributed by atoms with Crippen LogP contribution in [0.1, 0.15) is 0 Å². The van der Waals surface area contributed by atoms with Crippen LogP contribution in [0.15, 0.2) is 46.2 Å². The molecule has 8 nitrogen and oxygen atoms in total. The molecule has 3 heterocycles. The third kappa shape index (κ3) is 3.18. The molecule has 25 heavy (non-hydrogen) atoms. The Bertz CT molecular complexity index is 907. The Balaban J connectivity index is 1.38. The number of rotatable bonds is 5. The molecule has 0 radical (unpaired) electrons. The molecule has 0 saturated carbocycles. The maximum atomic E-state index is 12.2. The molecule has 1 amide bonds. The van der Waals surface area contributed by atoms with Gasteiger partial charge in [-0.2, -0.15) is 0 Å². The third-order valence-electron chi connectivity index (χ3n) is 3.57. The van der Waals surface area contributed by atoms with Crippen molar-refractivity contribution in [2.45, 2.75) is 5.16 Å². The summed E-state index contributed by atoms with van der Waals surface area (Å²) in [6.45, 7) is 0.201. The zero-order valence-corrected chi connectivity index (χ0v) is 14.1. The summed E-state index contributed by atoms with van der Waals surface area (Å²) in [5.74, 6) is 2.61. The number of carbonyl (C=O) groups is 1. The molecule has 1 aliphatic rings. The first-order valence-corrected chi connectivity index (χ1v) is 8.45. The Morgan fingerprint density at radius 1 is 1.28 bits per heavy atom. The molecule has 9 heteroatoms. The molecule has 0 bridgehead atoms. The highest BCUT2D eigenvalue weighted by molar-refractivity contribution is 7.99. The molecule has 0 unspecified atom stereocenters. The van der Waals surface area contributed by atoms with Gasteiger partial charge >= 0.3 is 0 Å². The summed E-state index contributed by atoms with van der Waals surface area (Å²) >= 11 is 1.30. The van der Waals surface area contributed by atoms with E-state index < -0.39 is 0 Å². The number of aromatic nitrogens is 3. The van der Waals surface area contributed by atoms with Crippen molar-refractivity contribution >= 4 is 23.4 Å². The monoisotopic (exact) mass is 358 g/mol. The number of ether oxygens (including phenoxy) is 2. The van der Waals surface area contributed by atoms with Crippen LogP contribution in [0, 0.1) is 0 Å². The van der Waals surface area contributed by atoms with Crippen LogP contribution in [0.2, 0.25) is 0 Å². The molecular formula is C16H14N4O4S. The van der Waals surface area contributed by atoms with E-state index in [4.69, 9.17) is 13.9 Å². The molecule has 0 aliphatic carbocycles. The Hall–Kier alpha value is -2.94. The predicted molar refractivity (Wildman–Crippen MR) is 90.6 cm³/mol.